The van der Waals surface area contributed by atoms with Crippen LogP contribution in [0.15, 0.2) is 35.9 Å². The lowest BCUT2D eigenvalue weighted by Gasteiger charge is -2.24. The van der Waals surface area contributed by atoms with Crippen molar-refractivity contribution in [2.45, 2.75) is 39.7 Å². The molecule has 1 rings (SSSR count). The van der Waals surface area contributed by atoms with E-state index in [1.807, 2.05) is 13.0 Å². The van der Waals surface area contributed by atoms with Gasteiger partial charge >= 0.3 is 0 Å². The van der Waals surface area contributed by atoms with Crippen molar-refractivity contribution in [1.82, 2.24) is 21.1 Å². The van der Waals surface area contributed by atoms with Crippen molar-refractivity contribution >= 4 is 0 Å². The summed E-state index contributed by atoms with van der Waals surface area (Å²) < 4.78 is 5.46. The smallest absolute Gasteiger partial charge is 0.0950 e. The minimum absolute atomic E-state index is 0.202. The fourth-order valence-corrected chi connectivity index (χ4v) is 2.47. The van der Waals surface area contributed by atoms with Gasteiger partial charge in [0.05, 0.1) is 37.3 Å². The van der Waals surface area contributed by atoms with E-state index in [4.69, 9.17) is 10.5 Å². The lowest BCUT2D eigenvalue weighted by atomic mass is 10.1. The Morgan fingerprint density at radius 3 is 2.78 bits per heavy atom. The number of nitrogens with two attached hydrogens (primary N) is 1. The summed E-state index contributed by atoms with van der Waals surface area (Å²) in [6.07, 6.45) is 5.90. The van der Waals surface area contributed by atoms with Crippen LogP contribution in [-0.4, -0.2) is 43.9 Å². The van der Waals surface area contributed by atoms with Gasteiger partial charge in [0.2, 0.25) is 0 Å². The van der Waals surface area contributed by atoms with Crippen LogP contribution in [0.2, 0.25) is 0 Å². The number of nitrogens with one attached hydrogen (secondary N) is 3. The van der Waals surface area contributed by atoms with Crippen molar-refractivity contribution in [2.24, 2.45) is 5.73 Å². The monoisotopic (exact) mass is 323 g/mol. The number of hydrogen-bond acceptors (Lipinski definition) is 6. The normalized spacial score (nSPS) is 18.5. The zero-order valence-corrected chi connectivity index (χ0v) is 14.8. The van der Waals surface area contributed by atoms with Gasteiger partial charge in [0.15, 0.2) is 0 Å². The summed E-state index contributed by atoms with van der Waals surface area (Å²) in [7, 11) is 0. The summed E-state index contributed by atoms with van der Waals surface area (Å²) in [5.74, 6) is 1.01. The van der Waals surface area contributed by atoms with Crippen LogP contribution in [0.1, 0.15) is 33.6 Å². The first-order valence-electron chi connectivity index (χ1n) is 8.56. The molecule has 5 N–H and O–H groups in total. The summed E-state index contributed by atoms with van der Waals surface area (Å²) in [4.78, 5) is 0. The van der Waals surface area contributed by atoms with Crippen molar-refractivity contribution in [3.8, 4) is 0 Å². The van der Waals surface area contributed by atoms with E-state index in [1.54, 1.807) is 0 Å². The van der Waals surface area contributed by atoms with Crippen LogP contribution in [0.5, 0.6) is 0 Å². The standard InChI is InChI=1S/C17H33N5O/c1-5-9-16(19-10-6-2)20-13-15-17(18)14(7-3)21-22(15)11-12-23-8-4/h6,9,14,19-21H,2,5,7-8,10-13,18H2,1,3-4H3/b16-9+/t14-/m1/s1. The largest absolute Gasteiger partial charge is 0.399 e. The Morgan fingerprint density at radius 2 is 2.17 bits per heavy atom. The highest BCUT2D eigenvalue weighted by atomic mass is 16.5. The molecule has 0 aliphatic carbocycles. The second-order valence-corrected chi connectivity index (χ2v) is 5.39. The van der Waals surface area contributed by atoms with Crippen LogP contribution in [0, 0.1) is 0 Å². The third-order valence-corrected chi connectivity index (χ3v) is 3.71. The Kier molecular flexibility index (Phi) is 9.24. The minimum atomic E-state index is 0.202. The van der Waals surface area contributed by atoms with Crippen molar-refractivity contribution < 1.29 is 4.74 Å². The van der Waals surface area contributed by atoms with Gasteiger partial charge in [0, 0.05) is 18.8 Å². The summed E-state index contributed by atoms with van der Waals surface area (Å²) >= 11 is 0. The Bertz CT molecular complexity index is 419. The minimum Gasteiger partial charge on any atom is -0.399 e. The predicted octanol–water partition coefficient (Wildman–Crippen LogP) is 1.41. The number of rotatable bonds is 12. The summed E-state index contributed by atoms with van der Waals surface area (Å²) in [6, 6.07) is 0.202. The first kappa shape index (κ1) is 19.4. The average molecular weight is 323 g/mol. The van der Waals surface area contributed by atoms with Crippen LogP contribution in [-0.2, 0) is 4.74 Å². The number of hydrazine groups is 1. The SMILES string of the molecule is C=CCN/C(=C\CC)NCC1=C(N)[C@@H](CC)NN1CCOCC. The van der Waals surface area contributed by atoms with Gasteiger partial charge in [-0.2, -0.15) is 0 Å². The number of ether oxygens (including phenoxy) is 1. The van der Waals surface area contributed by atoms with Gasteiger partial charge in [-0.25, -0.2) is 5.43 Å². The van der Waals surface area contributed by atoms with Gasteiger partial charge in [-0.05, 0) is 25.8 Å². The molecule has 132 valence electrons. The van der Waals surface area contributed by atoms with E-state index in [0.29, 0.717) is 13.2 Å². The molecule has 0 radical (unpaired) electrons. The van der Waals surface area contributed by atoms with Crippen LogP contribution in [0.3, 0.4) is 0 Å². The molecule has 0 spiro atoms. The zero-order chi connectivity index (χ0) is 17.1. The maximum Gasteiger partial charge on any atom is 0.0950 e. The van der Waals surface area contributed by atoms with Gasteiger partial charge in [-0.1, -0.05) is 19.9 Å². The van der Waals surface area contributed by atoms with Crippen LogP contribution in [0.25, 0.3) is 0 Å². The molecule has 6 nitrogen and oxygen atoms in total. The Labute approximate surface area is 140 Å². The topological polar surface area (TPSA) is 74.6 Å². The highest BCUT2D eigenvalue weighted by Crippen LogP contribution is 2.18. The molecule has 1 atom stereocenters. The van der Waals surface area contributed by atoms with E-state index >= 15 is 0 Å². The lowest BCUT2D eigenvalue weighted by molar-refractivity contribution is 0.109. The molecule has 0 unspecified atom stereocenters. The van der Waals surface area contributed by atoms with E-state index in [0.717, 1.165) is 49.8 Å². The van der Waals surface area contributed by atoms with Crippen molar-refractivity contribution in [1.29, 1.82) is 0 Å². The number of nitrogens with zero attached hydrogens (tertiary/aromatic N) is 1. The molecule has 0 aromatic heterocycles. The first-order chi connectivity index (χ1) is 11.2. The van der Waals surface area contributed by atoms with Crippen LogP contribution >= 0.6 is 0 Å². The van der Waals surface area contributed by atoms with E-state index in [2.05, 4.69) is 47.6 Å². The fraction of sp³-hybridized carbons (Fsp3) is 0.647. The second kappa shape index (κ2) is 11.0. The van der Waals surface area contributed by atoms with Gasteiger partial charge in [0.25, 0.3) is 0 Å². The zero-order valence-electron chi connectivity index (χ0n) is 14.8. The van der Waals surface area contributed by atoms with Crippen LogP contribution < -0.4 is 21.8 Å². The molecule has 23 heavy (non-hydrogen) atoms. The maximum atomic E-state index is 6.33. The van der Waals surface area contributed by atoms with Gasteiger partial charge < -0.3 is 26.1 Å². The average Bonchev–Trinajstić information content (AvgIpc) is 2.86. The van der Waals surface area contributed by atoms with Crippen molar-refractivity contribution in [3.63, 3.8) is 0 Å². The number of hydrogen-bond donors (Lipinski definition) is 4. The predicted molar refractivity (Wildman–Crippen MR) is 96.2 cm³/mol. The van der Waals surface area contributed by atoms with E-state index in [-0.39, 0.29) is 6.04 Å². The summed E-state index contributed by atoms with van der Waals surface area (Å²) in [5.41, 5.74) is 11.8. The van der Waals surface area contributed by atoms with Crippen molar-refractivity contribution in [3.05, 3.63) is 35.9 Å². The molecule has 0 saturated carbocycles. The molecule has 1 aliphatic rings. The Hall–Kier alpha value is -1.66. The Morgan fingerprint density at radius 1 is 1.39 bits per heavy atom. The quantitative estimate of drug-likeness (QED) is 0.321. The molecule has 0 aromatic carbocycles. The van der Waals surface area contributed by atoms with E-state index in [9.17, 15) is 0 Å². The molecule has 0 bridgehead atoms. The molecule has 1 aliphatic heterocycles. The van der Waals surface area contributed by atoms with Gasteiger partial charge in [-0.3, -0.25) is 0 Å². The Balaban J connectivity index is 2.68. The number of allylic oxidation sites excluding steroid dienone is 1. The lowest BCUT2D eigenvalue weighted by Crippen LogP contribution is -2.41. The molecular formula is C17H33N5O. The molecule has 6 heteroatoms. The van der Waals surface area contributed by atoms with E-state index in [1.165, 1.54) is 0 Å². The molecule has 1 heterocycles. The second-order valence-electron chi connectivity index (χ2n) is 5.39. The molecular weight excluding hydrogens is 290 g/mol. The van der Waals surface area contributed by atoms with Crippen molar-refractivity contribution in [2.75, 3.05) is 32.8 Å². The maximum absolute atomic E-state index is 6.33. The third kappa shape index (κ3) is 6.15. The van der Waals surface area contributed by atoms with Gasteiger partial charge in [-0.15, -0.1) is 6.58 Å². The van der Waals surface area contributed by atoms with Gasteiger partial charge in [0.1, 0.15) is 0 Å². The molecule has 0 fully saturated rings. The van der Waals surface area contributed by atoms with Crippen LogP contribution in [0.4, 0.5) is 0 Å². The molecule has 0 amide bonds. The third-order valence-electron chi connectivity index (χ3n) is 3.71. The fourth-order valence-electron chi connectivity index (χ4n) is 2.47. The summed E-state index contributed by atoms with van der Waals surface area (Å²) in [5, 5.41) is 8.86. The highest BCUT2D eigenvalue weighted by molar-refractivity contribution is 5.23. The highest BCUT2D eigenvalue weighted by Gasteiger charge is 2.27. The molecule has 0 saturated heterocycles. The first-order valence-corrected chi connectivity index (χ1v) is 8.56. The van der Waals surface area contributed by atoms with E-state index < -0.39 is 0 Å². The summed E-state index contributed by atoms with van der Waals surface area (Å²) in [6.45, 7) is 13.6. The molecule has 0 aromatic rings.